The average molecular weight is 406 g/mol. The Morgan fingerprint density at radius 3 is 2.71 bits per heavy atom. The molecule has 0 fully saturated rings. The van der Waals surface area contributed by atoms with Crippen molar-refractivity contribution in [2.75, 3.05) is 0 Å². The van der Waals surface area contributed by atoms with Crippen LogP contribution < -0.4 is 29.6 Å². The van der Waals surface area contributed by atoms with E-state index in [1.165, 1.54) is 3.93 Å². The molecule has 14 heavy (non-hydrogen) atoms. The first-order chi connectivity index (χ1) is 6.25. The van der Waals surface area contributed by atoms with Crippen LogP contribution in [0.4, 0.5) is 0 Å². The SMILES string of the molecule is C[CH2][Hg][S]c1ccccc1C(=O)O.[Na+]. The van der Waals surface area contributed by atoms with Gasteiger partial charge in [0.15, 0.2) is 0 Å². The molecule has 1 rings (SSSR count). The molecule has 0 amide bonds. The molecule has 0 aliphatic heterocycles. The van der Waals surface area contributed by atoms with Gasteiger partial charge in [0.25, 0.3) is 0 Å². The molecule has 0 unspecified atom stereocenters. The molecule has 0 saturated carbocycles. The van der Waals surface area contributed by atoms with Crippen LogP contribution in [0.5, 0.6) is 0 Å². The molecule has 0 atom stereocenters. The minimum absolute atomic E-state index is 0. The summed E-state index contributed by atoms with van der Waals surface area (Å²) in [6.45, 7) is 2.18. The van der Waals surface area contributed by atoms with Crippen LogP contribution in [0.3, 0.4) is 0 Å². The minimum atomic E-state index is -0.860. The van der Waals surface area contributed by atoms with Crippen LogP contribution in [0.25, 0.3) is 0 Å². The molecular formula is C9H10HgNaO2S+. The molecule has 1 aromatic carbocycles. The van der Waals surface area contributed by atoms with Gasteiger partial charge < -0.3 is 0 Å². The van der Waals surface area contributed by atoms with Crippen molar-refractivity contribution in [3.05, 3.63) is 29.8 Å². The fourth-order valence-corrected chi connectivity index (χ4v) is 9.77. The molecule has 66 valence electrons. The van der Waals surface area contributed by atoms with E-state index in [0.717, 1.165) is 4.90 Å². The van der Waals surface area contributed by atoms with Crippen molar-refractivity contribution in [2.45, 2.75) is 15.7 Å². The molecular weight excluding hydrogens is 396 g/mol. The number of aromatic carboxylic acids is 1. The topological polar surface area (TPSA) is 37.3 Å². The van der Waals surface area contributed by atoms with E-state index < -0.39 is 29.0 Å². The molecule has 0 saturated heterocycles. The first-order valence-corrected chi connectivity index (χ1v) is 15.8. The normalized spacial score (nSPS) is 8.64. The summed E-state index contributed by atoms with van der Waals surface area (Å²) in [5.74, 6) is -0.812. The van der Waals surface area contributed by atoms with Gasteiger partial charge in [-0.25, -0.2) is 0 Å². The second-order valence-corrected chi connectivity index (χ2v) is 15.8. The van der Waals surface area contributed by atoms with Crippen LogP contribution in [0, 0.1) is 0 Å². The third kappa shape index (κ3) is 4.66. The first-order valence-electron chi connectivity index (χ1n) is 4.20. The predicted octanol–water partition coefficient (Wildman–Crippen LogP) is -0.0834. The summed E-state index contributed by atoms with van der Waals surface area (Å²) in [6, 6.07) is 7.26. The van der Waals surface area contributed by atoms with Crippen LogP contribution >= 0.6 is 8.24 Å². The number of hydrogen-bond acceptors (Lipinski definition) is 2. The Bertz CT molecular complexity index is 307. The predicted molar refractivity (Wildman–Crippen MR) is 49.7 cm³/mol. The number of benzene rings is 1. The van der Waals surface area contributed by atoms with Crippen LogP contribution in [0.1, 0.15) is 17.3 Å². The standard InChI is InChI=1S/C7H6O2S.C2H5.Hg.Na/c8-7(9)5-3-1-2-4-6(5)10;1-2;;/h1-4,10H,(H,8,9);1H2,2H3;;/q;;2*+1/p-1. The van der Waals surface area contributed by atoms with E-state index >= 15 is 0 Å². The average Bonchev–Trinajstić information content (AvgIpc) is 2.15. The van der Waals surface area contributed by atoms with Gasteiger partial charge in [0.05, 0.1) is 0 Å². The summed E-state index contributed by atoms with van der Waals surface area (Å²) < 4.78 is 1.28. The summed E-state index contributed by atoms with van der Waals surface area (Å²) in [4.78, 5) is 11.8. The molecule has 2 nitrogen and oxygen atoms in total. The molecule has 1 N–H and O–H groups in total. The molecule has 0 heterocycles. The zero-order valence-corrected chi connectivity index (χ0v) is 16.8. The van der Waals surface area contributed by atoms with E-state index in [9.17, 15) is 4.79 Å². The molecule has 0 aliphatic rings. The maximum atomic E-state index is 10.8. The molecule has 0 spiro atoms. The van der Waals surface area contributed by atoms with Gasteiger partial charge in [-0.05, 0) is 0 Å². The van der Waals surface area contributed by atoms with Crippen molar-refractivity contribution in [3.8, 4) is 0 Å². The monoisotopic (exact) mass is 407 g/mol. The zero-order chi connectivity index (χ0) is 9.68. The van der Waals surface area contributed by atoms with E-state index in [1.807, 2.05) is 20.4 Å². The van der Waals surface area contributed by atoms with Crippen molar-refractivity contribution in [2.24, 2.45) is 0 Å². The fourth-order valence-electron chi connectivity index (χ4n) is 0.981. The van der Waals surface area contributed by atoms with Gasteiger partial charge in [0, 0.05) is 0 Å². The Morgan fingerprint density at radius 2 is 2.14 bits per heavy atom. The van der Waals surface area contributed by atoms with Gasteiger partial charge in [-0.1, -0.05) is 0 Å². The van der Waals surface area contributed by atoms with Crippen molar-refractivity contribution >= 4 is 14.2 Å². The van der Waals surface area contributed by atoms with Crippen molar-refractivity contribution in [1.29, 1.82) is 0 Å². The summed E-state index contributed by atoms with van der Waals surface area (Å²) in [5, 5.41) is 8.88. The number of hydrogen-bond donors (Lipinski definition) is 1. The smallest absolute Gasteiger partial charge is 1.00 e. The van der Waals surface area contributed by atoms with Crippen molar-refractivity contribution in [3.63, 3.8) is 0 Å². The molecule has 0 bridgehead atoms. The van der Waals surface area contributed by atoms with Crippen LogP contribution in [0.15, 0.2) is 29.2 Å². The Labute approximate surface area is 121 Å². The Balaban J connectivity index is 0.00000169. The summed E-state index contributed by atoms with van der Waals surface area (Å²) in [7, 11) is 1.82. The quantitative estimate of drug-likeness (QED) is 0.712. The maximum absolute atomic E-state index is 10.8. The van der Waals surface area contributed by atoms with Gasteiger partial charge in [-0.15, -0.1) is 0 Å². The van der Waals surface area contributed by atoms with Gasteiger partial charge in [0.1, 0.15) is 0 Å². The third-order valence-corrected chi connectivity index (χ3v) is 13.6. The van der Waals surface area contributed by atoms with Crippen molar-refractivity contribution < 1.29 is 62.5 Å². The molecule has 5 heteroatoms. The minimum Gasteiger partial charge on any atom is 1.00 e. The second kappa shape index (κ2) is 8.16. The van der Waals surface area contributed by atoms with E-state index in [-0.39, 0.29) is 29.6 Å². The zero-order valence-electron chi connectivity index (χ0n) is 8.49. The number of carboxylic acid groups (broad SMARTS) is 1. The van der Waals surface area contributed by atoms with Gasteiger partial charge in [-0.2, -0.15) is 0 Å². The Kier molecular flexibility index (Phi) is 8.73. The van der Waals surface area contributed by atoms with E-state index in [0.29, 0.717) is 5.56 Å². The van der Waals surface area contributed by atoms with Crippen LogP contribution in [-0.2, 0) is 23.1 Å². The molecule has 0 aliphatic carbocycles. The van der Waals surface area contributed by atoms with Gasteiger partial charge in [-0.3, -0.25) is 0 Å². The summed E-state index contributed by atoms with van der Waals surface area (Å²) in [6.07, 6.45) is 0. The Hall–Kier alpha value is 0.975. The second-order valence-electron chi connectivity index (χ2n) is 2.65. The van der Waals surface area contributed by atoms with E-state index in [4.69, 9.17) is 5.11 Å². The third-order valence-electron chi connectivity index (χ3n) is 1.58. The van der Waals surface area contributed by atoms with Crippen molar-refractivity contribution in [1.82, 2.24) is 0 Å². The molecule has 0 radical (unpaired) electrons. The van der Waals surface area contributed by atoms with E-state index in [1.54, 1.807) is 12.1 Å². The van der Waals surface area contributed by atoms with Crippen LogP contribution in [0.2, 0.25) is 3.93 Å². The first kappa shape index (κ1) is 15.0. The Morgan fingerprint density at radius 1 is 1.50 bits per heavy atom. The van der Waals surface area contributed by atoms with Crippen LogP contribution in [-0.4, -0.2) is 11.1 Å². The van der Waals surface area contributed by atoms with E-state index in [2.05, 4.69) is 6.92 Å². The largest absolute Gasteiger partial charge is 1.00 e. The van der Waals surface area contributed by atoms with Gasteiger partial charge in [0.2, 0.25) is 0 Å². The maximum Gasteiger partial charge on any atom is 1.00 e. The van der Waals surface area contributed by atoms with Gasteiger partial charge >= 0.3 is 122 Å². The number of carbonyl (C=O) groups is 1. The fraction of sp³-hybridized carbons (Fsp3) is 0.222. The molecule has 1 aromatic rings. The number of rotatable bonds is 4. The summed E-state index contributed by atoms with van der Waals surface area (Å²) in [5.41, 5.74) is 0.459. The molecule has 0 aromatic heterocycles. The number of carboxylic acids is 1. The summed E-state index contributed by atoms with van der Waals surface area (Å²) >= 11 is -0.860.